The molecule has 0 N–H and O–H groups in total. The van der Waals surface area contributed by atoms with E-state index in [1.807, 2.05) is 48.5 Å². The number of benzene rings is 2. The van der Waals surface area contributed by atoms with Crippen LogP contribution in [-0.2, 0) is 6.54 Å². The van der Waals surface area contributed by atoms with Gasteiger partial charge in [-0.3, -0.25) is 9.36 Å². The van der Waals surface area contributed by atoms with Crippen molar-refractivity contribution in [1.29, 1.82) is 0 Å². The highest BCUT2D eigenvalue weighted by atomic mass is 16.3. The van der Waals surface area contributed by atoms with Crippen molar-refractivity contribution in [2.24, 2.45) is 0 Å². The summed E-state index contributed by atoms with van der Waals surface area (Å²) in [5, 5.41) is 0.795. The molecule has 0 aliphatic carbocycles. The van der Waals surface area contributed by atoms with Crippen LogP contribution in [0.15, 0.2) is 74.7 Å². The zero-order valence-electron chi connectivity index (χ0n) is 12.1. The summed E-state index contributed by atoms with van der Waals surface area (Å²) in [5.41, 5.74) is 0.764. The van der Waals surface area contributed by atoms with Crippen molar-refractivity contribution in [2.75, 3.05) is 0 Å². The van der Waals surface area contributed by atoms with Crippen LogP contribution in [-0.4, -0.2) is 9.55 Å². The fourth-order valence-corrected chi connectivity index (χ4v) is 2.59. The van der Waals surface area contributed by atoms with Crippen LogP contribution in [0.25, 0.3) is 22.4 Å². The van der Waals surface area contributed by atoms with E-state index in [0.29, 0.717) is 11.1 Å². The Labute approximate surface area is 130 Å². The van der Waals surface area contributed by atoms with Gasteiger partial charge in [-0.25, -0.2) is 4.79 Å². The second-order valence-corrected chi connectivity index (χ2v) is 5.27. The molecule has 0 bridgehead atoms. The van der Waals surface area contributed by atoms with E-state index in [1.165, 1.54) is 0 Å². The van der Waals surface area contributed by atoms with Crippen molar-refractivity contribution >= 4 is 11.0 Å². The van der Waals surface area contributed by atoms with Crippen LogP contribution in [0.1, 0.15) is 5.56 Å². The third-order valence-corrected chi connectivity index (χ3v) is 3.74. The first kappa shape index (κ1) is 13.5. The maximum atomic E-state index is 12.7. The summed E-state index contributed by atoms with van der Waals surface area (Å²) in [4.78, 5) is 28.8. The van der Waals surface area contributed by atoms with Crippen LogP contribution in [0.3, 0.4) is 0 Å². The van der Waals surface area contributed by atoms with E-state index in [1.54, 1.807) is 12.1 Å². The first-order valence-electron chi connectivity index (χ1n) is 7.20. The predicted molar refractivity (Wildman–Crippen MR) is 86.7 cm³/mol. The Hall–Kier alpha value is -3.21. The number of rotatable bonds is 2. The largest absolute Gasteiger partial charge is 0.437 e. The summed E-state index contributed by atoms with van der Waals surface area (Å²) in [6.07, 6.45) is 0. The zero-order chi connectivity index (χ0) is 15.8. The Morgan fingerprint density at radius 3 is 2.52 bits per heavy atom. The number of aromatic nitrogens is 2. The first-order valence-corrected chi connectivity index (χ1v) is 7.20. The molecule has 0 unspecified atom stereocenters. The molecule has 5 heteroatoms. The van der Waals surface area contributed by atoms with Gasteiger partial charge >= 0.3 is 5.69 Å². The maximum absolute atomic E-state index is 12.7. The van der Waals surface area contributed by atoms with Crippen LogP contribution in [0.5, 0.6) is 0 Å². The first-order chi connectivity index (χ1) is 11.2. The molecule has 0 amide bonds. The van der Waals surface area contributed by atoms with Gasteiger partial charge in [-0.15, -0.1) is 0 Å². The summed E-state index contributed by atoms with van der Waals surface area (Å²) in [5.74, 6) is 0.0722. The van der Waals surface area contributed by atoms with Gasteiger partial charge in [0.2, 0.25) is 5.89 Å². The van der Waals surface area contributed by atoms with Crippen molar-refractivity contribution < 1.29 is 4.42 Å². The van der Waals surface area contributed by atoms with Gasteiger partial charge in [0.25, 0.3) is 5.56 Å². The Bertz CT molecular complexity index is 1080. The molecule has 4 rings (SSSR count). The minimum atomic E-state index is -0.606. The Kier molecular flexibility index (Phi) is 3.05. The van der Waals surface area contributed by atoms with E-state index in [0.717, 1.165) is 15.5 Å². The molecule has 2 heterocycles. The highest BCUT2D eigenvalue weighted by Gasteiger charge is 2.17. The lowest BCUT2D eigenvalue weighted by atomic mass is 10.1. The third-order valence-electron chi connectivity index (χ3n) is 3.74. The zero-order valence-corrected chi connectivity index (χ0v) is 12.1. The van der Waals surface area contributed by atoms with Crippen LogP contribution < -0.4 is 11.2 Å². The molecular weight excluding hydrogens is 292 g/mol. The number of nitrogens with zero attached hydrogens (tertiary/aromatic N) is 2. The second kappa shape index (κ2) is 5.21. The van der Waals surface area contributed by atoms with Crippen molar-refractivity contribution in [3.8, 4) is 11.5 Å². The van der Waals surface area contributed by atoms with E-state index < -0.39 is 11.2 Å². The molecule has 0 spiro atoms. The van der Waals surface area contributed by atoms with Gasteiger partial charge in [-0.1, -0.05) is 48.5 Å². The fourth-order valence-electron chi connectivity index (χ4n) is 2.59. The number of hydrogen-bond acceptors (Lipinski definition) is 4. The quantitative estimate of drug-likeness (QED) is 0.534. The average molecular weight is 304 g/mol. The van der Waals surface area contributed by atoms with Gasteiger partial charge in [0.1, 0.15) is 11.1 Å². The van der Waals surface area contributed by atoms with E-state index in [4.69, 9.17) is 4.42 Å². The lowest BCUT2D eigenvalue weighted by Crippen LogP contribution is -2.37. The number of fused-ring (bicyclic) bond motifs is 2. The molecular formula is C18H12N2O3. The van der Waals surface area contributed by atoms with Crippen molar-refractivity contribution in [3.63, 3.8) is 0 Å². The molecule has 2 aromatic carbocycles. The van der Waals surface area contributed by atoms with E-state index in [2.05, 4.69) is 4.98 Å². The lowest BCUT2D eigenvalue weighted by Gasteiger charge is -2.09. The van der Waals surface area contributed by atoms with Gasteiger partial charge in [-0.05, 0) is 17.7 Å². The smallest absolute Gasteiger partial charge is 0.354 e. The summed E-state index contributed by atoms with van der Waals surface area (Å²) >= 11 is 0. The maximum Gasteiger partial charge on any atom is 0.354 e. The summed E-state index contributed by atoms with van der Waals surface area (Å²) in [6.45, 7) is 0.189. The lowest BCUT2D eigenvalue weighted by molar-refractivity contribution is 0.575. The standard InChI is InChI=1S/C18H12N2O3/c21-17-14-10-13-8-4-5-9-15(13)23-16(14)19-18(22)20(17)11-12-6-2-1-3-7-12/h1-10H,11H2. The highest BCUT2D eigenvalue weighted by molar-refractivity contribution is 5.81. The molecule has 0 aromatic heterocycles. The molecule has 0 atom stereocenters. The topological polar surface area (TPSA) is 65.1 Å². The minimum Gasteiger partial charge on any atom is -0.437 e. The van der Waals surface area contributed by atoms with Gasteiger partial charge in [0.05, 0.1) is 6.54 Å². The van der Waals surface area contributed by atoms with Gasteiger partial charge in [0, 0.05) is 5.39 Å². The van der Waals surface area contributed by atoms with Crippen molar-refractivity contribution in [2.45, 2.75) is 6.54 Å². The van der Waals surface area contributed by atoms with Crippen LogP contribution >= 0.6 is 0 Å². The summed E-state index contributed by atoms with van der Waals surface area (Å²) in [6, 6.07) is 18.4. The normalized spacial score (nSPS) is 11.1. The average Bonchev–Trinajstić information content (AvgIpc) is 2.58. The summed E-state index contributed by atoms with van der Waals surface area (Å²) < 4.78 is 6.72. The van der Waals surface area contributed by atoms with E-state index in [9.17, 15) is 9.59 Å². The van der Waals surface area contributed by atoms with Crippen LogP contribution in [0, 0.1) is 0 Å². The molecule has 2 aliphatic heterocycles. The Morgan fingerprint density at radius 2 is 1.70 bits per heavy atom. The molecule has 0 fully saturated rings. The minimum absolute atomic E-state index is 0.0722. The van der Waals surface area contributed by atoms with E-state index >= 15 is 0 Å². The fraction of sp³-hybridized carbons (Fsp3) is 0.0556. The molecule has 0 saturated heterocycles. The van der Waals surface area contributed by atoms with Crippen LogP contribution in [0.4, 0.5) is 0 Å². The monoisotopic (exact) mass is 304 g/mol. The predicted octanol–water partition coefficient (Wildman–Crippen LogP) is 2.50. The third kappa shape index (κ3) is 2.32. The molecule has 112 valence electrons. The molecule has 0 radical (unpaired) electrons. The molecule has 2 aliphatic rings. The molecule has 23 heavy (non-hydrogen) atoms. The number of para-hydroxylation sites is 1. The number of hydrogen-bond donors (Lipinski definition) is 0. The molecule has 0 saturated carbocycles. The highest BCUT2D eigenvalue weighted by Crippen LogP contribution is 2.22. The Balaban J connectivity index is 1.96. The van der Waals surface area contributed by atoms with Crippen molar-refractivity contribution in [1.82, 2.24) is 9.55 Å². The SMILES string of the molecule is O=c1nc2oc3ccccc3cc-2c(=O)n1Cc1ccccc1. The summed E-state index contributed by atoms with van der Waals surface area (Å²) in [7, 11) is 0. The molecule has 5 nitrogen and oxygen atoms in total. The Morgan fingerprint density at radius 1 is 0.957 bits per heavy atom. The van der Waals surface area contributed by atoms with Crippen molar-refractivity contribution in [3.05, 3.63) is 87.1 Å². The van der Waals surface area contributed by atoms with Gasteiger partial charge in [-0.2, -0.15) is 4.98 Å². The van der Waals surface area contributed by atoms with Crippen LogP contribution in [0.2, 0.25) is 0 Å². The van der Waals surface area contributed by atoms with Gasteiger partial charge < -0.3 is 4.42 Å². The van der Waals surface area contributed by atoms with E-state index in [-0.39, 0.29) is 12.4 Å². The van der Waals surface area contributed by atoms with Gasteiger partial charge in [0.15, 0.2) is 0 Å². The molecule has 2 aromatic rings. The second-order valence-electron chi connectivity index (χ2n) is 5.27.